The highest BCUT2D eigenvalue weighted by Crippen LogP contribution is 2.43. The average Bonchev–Trinajstić information content (AvgIpc) is 2.95. The Labute approximate surface area is 242 Å². The largest absolute Gasteiger partial charge is 0.496 e. The lowest BCUT2D eigenvalue weighted by atomic mass is 9.71. The lowest BCUT2D eigenvalue weighted by Gasteiger charge is -2.47. The monoisotopic (exact) mass is 562 g/mol. The molecule has 1 amide bonds. The number of ether oxygens (including phenoxy) is 3. The Morgan fingerprint density at radius 2 is 1.59 bits per heavy atom. The van der Waals surface area contributed by atoms with E-state index in [1.807, 2.05) is 50.1 Å². The SMILES string of the molecule is COc1cc(-c2cn(C)c(=O)c3cnccc23)cc(OC)c1CN1CCC2(CC1)CCN(C(=O)OC(C)(C)C)CC2. The summed E-state index contributed by atoms with van der Waals surface area (Å²) in [6, 6.07) is 5.95. The summed E-state index contributed by atoms with van der Waals surface area (Å²) in [5.41, 5.74) is 2.60. The average molecular weight is 563 g/mol. The molecule has 0 atom stereocenters. The summed E-state index contributed by atoms with van der Waals surface area (Å²) < 4.78 is 19.0. The van der Waals surface area contributed by atoms with E-state index in [0.717, 1.165) is 92.0 Å². The minimum absolute atomic E-state index is 0.0780. The van der Waals surface area contributed by atoms with E-state index in [-0.39, 0.29) is 17.1 Å². The number of fused-ring (bicyclic) bond motifs is 1. The lowest BCUT2D eigenvalue weighted by Crippen LogP contribution is -2.49. The number of hydrogen-bond acceptors (Lipinski definition) is 7. The van der Waals surface area contributed by atoms with Crippen LogP contribution in [-0.2, 0) is 18.3 Å². The highest BCUT2D eigenvalue weighted by Gasteiger charge is 2.39. The van der Waals surface area contributed by atoms with Gasteiger partial charge in [-0.25, -0.2) is 4.79 Å². The fourth-order valence-corrected chi connectivity index (χ4v) is 6.24. The van der Waals surface area contributed by atoms with Gasteiger partial charge in [0.25, 0.3) is 5.56 Å². The van der Waals surface area contributed by atoms with Gasteiger partial charge in [-0.1, -0.05) is 0 Å². The zero-order valence-electron chi connectivity index (χ0n) is 25.2. The molecule has 0 bridgehead atoms. The van der Waals surface area contributed by atoms with Crippen molar-refractivity contribution in [3.63, 3.8) is 0 Å². The molecule has 2 aromatic heterocycles. The van der Waals surface area contributed by atoms with Gasteiger partial charge in [0.05, 0.1) is 25.2 Å². The molecule has 2 aliphatic rings. The van der Waals surface area contributed by atoms with Crippen LogP contribution >= 0.6 is 0 Å². The summed E-state index contributed by atoms with van der Waals surface area (Å²) in [7, 11) is 5.13. The third-order valence-corrected chi connectivity index (χ3v) is 8.68. The number of benzene rings is 1. The number of likely N-dealkylation sites (tertiary alicyclic amines) is 2. The summed E-state index contributed by atoms with van der Waals surface area (Å²) in [6.45, 7) is 9.95. The first-order valence-electron chi connectivity index (χ1n) is 14.4. The Morgan fingerprint density at radius 1 is 0.976 bits per heavy atom. The number of amides is 1. The first kappa shape index (κ1) is 28.9. The minimum Gasteiger partial charge on any atom is -0.496 e. The Morgan fingerprint density at radius 3 is 2.17 bits per heavy atom. The Bertz CT molecular complexity index is 1450. The maximum atomic E-state index is 12.7. The van der Waals surface area contributed by atoms with Gasteiger partial charge in [-0.15, -0.1) is 0 Å². The summed E-state index contributed by atoms with van der Waals surface area (Å²) in [6.07, 6.45) is 9.24. The van der Waals surface area contributed by atoms with Gasteiger partial charge in [-0.3, -0.25) is 14.7 Å². The van der Waals surface area contributed by atoms with Gasteiger partial charge < -0.3 is 23.7 Å². The normalized spacial score (nSPS) is 17.6. The molecule has 2 saturated heterocycles. The van der Waals surface area contributed by atoms with Crippen molar-refractivity contribution in [2.45, 2.75) is 58.6 Å². The number of carbonyl (C=O) groups is 1. The topological polar surface area (TPSA) is 86.1 Å². The summed E-state index contributed by atoms with van der Waals surface area (Å²) in [5, 5.41) is 1.42. The highest BCUT2D eigenvalue weighted by atomic mass is 16.6. The molecule has 220 valence electrons. The van der Waals surface area contributed by atoms with Crippen molar-refractivity contribution >= 4 is 16.9 Å². The molecule has 3 aromatic rings. The van der Waals surface area contributed by atoms with Crippen LogP contribution in [0.5, 0.6) is 11.5 Å². The van der Waals surface area contributed by atoms with Crippen molar-refractivity contribution in [1.82, 2.24) is 19.4 Å². The number of aryl methyl sites for hydroxylation is 1. The number of nitrogens with zero attached hydrogens (tertiary/aromatic N) is 4. The Hall–Kier alpha value is -3.59. The van der Waals surface area contributed by atoms with Crippen LogP contribution in [0.25, 0.3) is 21.9 Å². The summed E-state index contributed by atoms with van der Waals surface area (Å²) >= 11 is 0. The van der Waals surface area contributed by atoms with E-state index < -0.39 is 5.60 Å². The quantitative estimate of drug-likeness (QED) is 0.421. The predicted molar refractivity (Wildman–Crippen MR) is 160 cm³/mol. The van der Waals surface area contributed by atoms with Crippen LogP contribution in [0.4, 0.5) is 4.79 Å². The molecule has 0 aliphatic carbocycles. The molecule has 5 rings (SSSR count). The molecule has 41 heavy (non-hydrogen) atoms. The van der Waals surface area contributed by atoms with Crippen molar-refractivity contribution < 1.29 is 19.0 Å². The van der Waals surface area contributed by atoms with Crippen molar-refractivity contribution in [3.8, 4) is 22.6 Å². The molecular formula is C32H42N4O5. The predicted octanol–water partition coefficient (Wildman–Crippen LogP) is 5.23. The van der Waals surface area contributed by atoms with Crippen LogP contribution in [0.2, 0.25) is 0 Å². The lowest BCUT2D eigenvalue weighted by molar-refractivity contribution is -0.00319. The van der Waals surface area contributed by atoms with E-state index in [1.54, 1.807) is 38.2 Å². The number of methoxy groups -OCH3 is 2. The summed E-state index contributed by atoms with van der Waals surface area (Å²) in [5.74, 6) is 1.53. The van der Waals surface area contributed by atoms with E-state index >= 15 is 0 Å². The first-order valence-corrected chi connectivity index (χ1v) is 14.4. The van der Waals surface area contributed by atoms with Crippen LogP contribution in [0.15, 0.2) is 41.6 Å². The van der Waals surface area contributed by atoms with Crippen molar-refractivity contribution in [1.29, 1.82) is 0 Å². The van der Waals surface area contributed by atoms with E-state index in [9.17, 15) is 9.59 Å². The molecule has 0 saturated carbocycles. The number of pyridine rings is 2. The maximum absolute atomic E-state index is 12.7. The Kier molecular flexibility index (Phi) is 8.01. The third-order valence-electron chi connectivity index (χ3n) is 8.68. The number of rotatable bonds is 5. The number of aromatic nitrogens is 2. The number of hydrogen-bond donors (Lipinski definition) is 0. The first-order chi connectivity index (χ1) is 19.5. The van der Waals surface area contributed by atoms with Crippen LogP contribution in [-0.4, -0.2) is 71.4 Å². The number of carbonyl (C=O) groups excluding carboxylic acids is 1. The zero-order valence-corrected chi connectivity index (χ0v) is 25.2. The fourth-order valence-electron chi connectivity index (χ4n) is 6.24. The second-order valence-electron chi connectivity index (χ2n) is 12.5. The smallest absolute Gasteiger partial charge is 0.410 e. The molecule has 0 radical (unpaired) electrons. The van der Waals surface area contributed by atoms with Crippen molar-refractivity contribution in [2.24, 2.45) is 12.5 Å². The van der Waals surface area contributed by atoms with Crippen LogP contribution in [0.1, 0.15) is 52.0 Å². The van der Waals surface area contributed by atoms with Gasteiger partial charge >= 0.3 is 6.09 Å². The standard InChI is InChI=1S/C32H42N4O5/c1-31(2,3)41-30(38)36-15-10-32(11-16-36)8-13-35(14-9-32)21-26-27(39-5)17-22(18-28(26)40-6)25-20-34(4)29(37)24-19-33-12-7-23(24)25/h7,12,17-20H,8-11,13-16,21H2,1-6H3. The van der Waals surface area contributed by atoms with Crippen LogP contribution in [0.3, 0.4) is 0 Å². The van der Waals surface area contributed by atoms with E-state index in [2.05, 4.69) is 9.88 Å². The second-order valence-corrected chi connectivity index (χ2v) is 12.5. The molecule has 1 aromatic carbocycles. The van der Waals surface area contributed by atoms with Gasteiger partial charge in [0.15, 0.2) is 0 Å². The van der Waals surface area contributed by atoms with Crippen LogP contribution < -0.4 is 15.0 Å². The van der Waals surface area contributed by atoms with E-state index in [0.29, 0.717) is 5.39 Å². The molecule has 0 N–H and O–H groups in total. The molecule has 2 aliphatic heterocycles. The third kappa shape index (κ3) is 6.05. The van der Waals surface area contributed by atoms with Gasteiger partial charge in [-0.2, -0.15) is 0 Å². The molecule has 9 heteroatoms. The van der Waals surface area contributed by atoms with Gasteiger partial charge in [0.1, 0.15) is 17.1 Å². The minimum atomic E-state index is -0.470. The molecule has 4 heterocycles. The van der Waals surface area contributed by atoms with Gasteiger partial charge in [0.2, 0.25) is 0 Å². The zero-order chi connectivity index (χ0) is 29.4. The molecular weight excluding hydrogens is 520 g/mol. The summed E-state index contributed by atoms with van der Waals surface area (Å²) in [4.78, 5) is 33.7. The molecule has 0 unspecified atom stereocenters. The van der Waals surface area contributed by atoms with Gasteiger partial charge in [-0.05, 0) is 94.1 Å². The van der Waals surface area contributed by atoms with Gasteiger partial charge in [0, 0.05) is 50.8 Å². The van der Waals surface area contributed by atoms with E-state index in [4.69, 9.17) is 14.2 Å². The van der Waals surface area contributed by atoms with Crippen molar-refractivity contribution in [2.75, 3.05) is 40.4 Å². The molecule has 9 nitrogen and oxygen atoms in total. The highest BCUT2D eigenvalue weighted by molar-refractivity contribution is 5.95. The van der Waals surface area contributed by atoms with Crippen LogP contribution in [0, 0.1) is 5.41 Å². The molecule has 1 spiro atoms. The maximum Gasteiger partial charge on any atom is 0.410 e. The Balaban J connectivity index is 1.31. The van der Waals surface area contributed by atoms with Crippen molar-refractivity contribution in [3.05, 3.63) is 52.7 Å². The number of piperidine rings is 2. The fraction of sp³-hybridized carbons (Fsp3) is 0.531. The molecule has 2 fully saturated rings. The van der Waals surface area contributed by atoms with E-state index in [1.165, 1.54) is 0 Å². The second kappa shape index (κ2) is 11.4.